The van der Waals surface area contributed by atoms with Crippen molar-refractivity contribution in [3.8, 4) is 5.75 Å². The molecule has 0 aromatic heterocycles. The molecule has 1 unspecified atom stereocenters. The van der Waals surface area contributed by atoms with Gasteiger partial charge in [0.05, 0.1) is 0 Å². The summed E-state index contributed by atoms with van der Waals surface area (Å²) in [6, 6.07) is 5.14. The molecule has 1 aromatic carbocycles. The molecule has 1 aliphatic rings. The maximum Gasteiger partial charge on any atom is 0.387 e. The molecule has 0 aliphatic carbocycles. The summed E-state index contributed by atoms with van der Waals surface area (Å²) in [5.74, 6) is 0.676. The lowest BCUT2D eigenvalue weighted by molar-refractivity contribution is -0.0498. The van der Waals surface area contributed by atoms with Crippen LogP contribution >= 0.6 is 0 Å². The van der Waals surface area contributed by atoms with Gasteiger partial charge in [-0.15, -0.1) is 0 Å². The van der Waals surface area contributed by atoms with Gasteiger partial charge in [0.2, 0.25) is 0 Å². The third-order valence-electron chi connectivity index (χ3n) is 3.13. The van der Waals surface area contributed by atoms with Gasteiger partial charge in [0.1, 0.15) is 5.75 Å². The van der Waals surface area contributed by atoms with E-state index in [9.17, 15) is 8.78 Å². The van der Waals surface area contributed by atoms with E-state index >= 15 is 0 Å². The van der Waals surface area contributed by atoms with Gasteiger partial charge in [-0.1, -0.05) is 19.8 Å². The lowest BCUT2D eigenvalue weighted by atomic mass is 9.95. The van der Waals surface area contributed by atoms with Crippen LogP contribution in [0.5, 0.6) is 5.75 Å². The zero-order chi connectivity index (χ0) is 12.3. The van der Waals surface area contributed by atoms with Crippen molar-refractivity contribution in [3.05, 3.63) is 23.8 Å². The number of ether oxygens (including phenoxy) is 1. The van der Waals surface area contributed by atoms with Gasteiger partial charge in [-0.25, -0.2) is 0 Å². The topological polar surface area (TPSA) is 21.3 Å². The van der Waals surface area contributed by atoms with Crippen LogP contribution in [0.4, 0.5) is 14.5 Å². The van der Waals surface area contributed by atoms with Crippen molar-refractivity contribution < 1.29 is 13.5 Å². The molecule has 0 fully saturated rings. The highest BCUT2D eigenvalue weighted by Crippen LogP contribution is 2.37. The predicted octanol–water partition coefficient (Wildman–Crippen LogP) is 3.99. The van der Waals surface area contributed by atoms with Crippen molar-refractivity contribution in [2.45, 2.75) is 38.7 Å². The molecule has 2 nitrogen and oxygen atoms in total. The van der Waals surface area contributed by atoms with Gasteiger partial charge in [-0.3, -0.25) is 0 Å². The molecule has 1 aromatic rings. The zero-order valence-electron chi connectivity index (χ0n) is 9.88. The summed E-state index contributed by atoms with van der Waals surface area (Å²) in [7, 11) is 0. The van der Waals surface area contributed by atoms with Crippen LogP contribution in [-0.4, -0.2) is 13.2 Å². The third kappa shape index (κ3) is 2.87. The number of hydrogen-bond donors (Lipinski definition) is 1. The largest absolute Gasteiger partial charge is 0.435 e. The number of halogens is 2. The minimum absolute atomic E-state index is 0.254. The summed E-state index contributed by atoms with van der Waals surface area (Å²) < 4.78 is 28.7. The molecule has 0 radical (unpaired) electrons. The van der Waals surface area contributed by atoms with Gasteiger partial charge in [-0.2, -0.15) is 8.78 Å². The molecule has 0 bridgehead atoms. The fourth-order valence-electron chi connectivity index (χ4n) is 2.27. The Labute approximate surface area is 100.0 Å². The Hall–Kier alpha value is -1.32. The minimum Gasteiger partial charge on any atom is -0.435 e. The Bertz CT molecular complexity index is 382. The van der Waals surface area contributed by atoms with Crippen molar-refractivity contribution in [2.24, 2.45) is 0 Å². The molecule has 1 aliphatic heterocycles. The van der Waals surface area contributed by atoms with E-state index in [0.29, 0.717) is 5.92 Å². The normalized spacial score (nSPS) is 18.0. The highest BCUT2D eigenvalue weighted by atomic mass is 19.3. The molecule has 1 heterocycles. The van der Waals surface area contributed by atoms with Gasteiger partial charge in [-0.05, 0) is 30.2 Å². The third-order valence-corrected chi connectivity index (χ3v) is 3.13. The summed E-state index contributed by atoms with van der Waals surface area (Å²) in [6.07, 6.45) is 3.40. The van der Waals surface area contributed by atoms with Crippen molar-refractivity contribution in [1.29, 1.82) is 0 Å². The zero-order valence-corrected chi connectivity index (χ0v) is 9.88. The standard InChI is InChI=1S/C13H17F2NO/c1-2-3-4-9-8-16-12-6-5-10(7-11(9)12)17-13(14)15/h5-7,9,13,16H,2-4,8H2,1H3. The molecular weight excluding hydrogens is 224 g/mol. The number of unbranched alkanes of at least 4 members (excludes halogenated alkanes) is 1. The average Bonchev–Trinajstić information content (AvgIpc) is 2.68. The second-order valence-electron chi connectivity index (χ2n) is 4.35. The SMILES string of the molecule is CCCCC1CNc2ccc(OC(F)F)cc21. The predicted molar refractivity (Wildman–Crippen MR) is 63.8 cm³/mol. The maximum absolute atomic E-state index is 12.1. The molecule has 0 spiro atoms. The van der Waals surface area contributed by atoms with Crippen LogP contribution in [0, 0.1) is 0 Å². The van der Waals surface area contributed by atoms with E-state index < -0.39 is 6.61 Å². The van der Waals surface area contributed by atoms with Crippen LogP contribution in [0.15, 0.2) is 18.2 Å². The van der Waals surface area contributed by atoms with Crippen LogP contribution in [0.3, 0.4) is 0 Å². The first-order valence-corrected chi connectivity index (χ1v) is 6.03. The van der Waals surface area contributed by atoms with E-state index in [-0.39, 0.29) is 5.75 Å². The fourth-order valence-corrected chi connectivity index (χ4v) is 2.27. The number of benzene rings is 1. The van der Waals surface area contributed by atoms with Gasteiger partial charge >= 0.3 is 6.61 Å². The monoisotopic (exact) mass is 241 g/mol. The van der Waals surface area contributed by atoms with Crippen molar-refractivity contribution >= 4 is 5.69 Å². The highest BCUT2D eigenvalue weighted by molar-refractivity contribution is 5.60. The Morgan fingerprint density at radius 1 is 1.47 bits per heavy atom. The highest BCUT2D eigenvalue weighted by Gasteiger charge is 2.22. The van der Waals surface area contributed by atoms with E-state index in [1.54, 1.807) is 12.1 Å². The van der Waals surface area contributed by atoms with Crippen molar-refractivity contribution in [3.63, 3.8) is 0 Å². The van der Waals surface area contributed by atoms with E-state index in [1.807, 2.05) is 6.07 Å². The summed E-state index contributed by atoms with van der Waals surface area (Å²) in [4.78, 5) is 0. The van der Waals surface area contributed by atoms with Crippen molar-refractivity contribution in [2.75, 3.05) is 11.9 Å². The first-order valence-electron chi connectivity index (χ1n) is 6.03. The van der Waals surface area contributed by atoms with E-state index in [1.165, 1.54) is 0 Å². The lowest BCUT2D eigenvalue weighted by Crippen LogP contribution is -2.03. The van der Waals surface area contributed by atoms with Gasteiger partial charge in [0, 0.05) is 18.2 Å². The summed E-state index contributed by atoms with van der Waals surface area (Å²) in [5, 5.41) is 3.30. The second kappa shape index (κ2) is 5.34. The van der Waals surface area contributed by atoms with Crippen LogP contribution in [0.1, 0.15) is 37.7 Å². The van der Waals surface area contributed by atoms with Crippen LogP contribution in [-0.2, 0) is 0 Å². The molecule has 0 saturated heterocycles. The Balaban J connectivity index is 2.12. The molecule has 2 rings (SSSR count). The average molecular weight is 241 g/mol. The Morgan fingerprint density at radius 3 is 3.00 bits per heavy atom. The molecule has 17 heavy (non-hydrogen) atoms. The molecule has 1 N–H and O–H groups in total. The molecule has 0 saturated carbocycles. The number of fused-ring (bicyclic) bond motifs is 1. The van der Waals surface area contributed by atoms with Gasteiger partial charge in [0.15, 0.2) is 0 Å². The van der Waals surface area contributed by atoms with Crippen molar-refractivity contribution in [1.82, 2.24) is 0 Å². The molecular formula is C13H17F2NO. The van der Waals surface area contributed by atoms with Gasteiger partial charge < -0.3 is 10.1 Å². The molecule has 1 atom stereocenters. The maximum atomic E-state index is 12.1. The Morgan fingerprint density at radius 2 is 2.29 bits per heavy atom. The van der Waals surface area contributed by atoms with Crippen LogP contribution < -0.4 is 10.1 Å². The molecule has 0 amide bonds. The first-order chi connectivity index (χ1) is 8.20. The minimum atomic E-state index is -2.75. The number of alkyl halides is 2. The summed E-state index contributed by atoms with van der Waals surface area (Å²) >= 11 is 0. The lowest BCUT2D eigenvalue weighted by Gasteiger charge is -2.11. The molecule has 94 valence electrons. The van der Waals surface area contributed by atoms with E-state index in [2.05, 4.69) is 17.0 Å². The van der Waals surface area contributed by atoms with Gasteiger partial charge in [0.25, 0.3) is 0 Å². The second-order valence-corrected chi connectivity index (χ2v) is 4.35. The molecule has 4 heteroatoms. The fraction of sp³-hybridized carbons (Fsp3) is 0.538. The number of hydrogen-bond acceptors (Lipinski definition) is 2. The smallest absolute Gasteiger partial charge is 0.387 e. The Kier molecular flexibility index (Phi) is 3.82. The first kappa shape index (κ1) is 12.1. The van der Waals surface area contributed by atoms with Crippen LogP contribution in [0.2, 0.25) is 0 Å². The quantitative estimate of drug-likeness (QED) is 0.841. The van der Waals surface area contributed by atoms with Crippen LogP contribution in [0.25, 0.3) is 0 Å². The summed E-state index contributed by atoms with van der Waals surface area (Å²) in [5.41, 5.74) is 2.16. The van der Waals surface area contributed by atoms with E-state index in [0.717, 1.165) is 37.1 Å². The number of anilines is 1. The van der Waals surface area contributed by atoms with E-state index in [4.69, 9.17) is 0 Å². The number of nitrogens with one attached hydrogen (secondary N) is 1. The summed E-state index contributed by atoms with van der Waals surface area (Å²) in [6.45, 7) is 0.295. The number of rotatable bonds is 5.